The van der Waals surface area contributed by atoms with Gasteiger partial charge in [-0.15, -0.1) is 0 Å². The van der Waals surface area contributed by atoms with E-state index in [0.717, 1.165) is 12.8 Å². The molecular formula is C9H19O3P. The van der Waals surface area contributed by atoms with Crippen molar-refractivity contribution in [3.8, 4) is 0 Å². The van der Waals surface area contributed by atoms with Crippen molar-refractivity contribution < 1.29 is 13.6 Å². The van der Waals surface area contributed by atoms with Gasteiger partial charge in [0.25, 0.3) is 0 Å². The molecule has 13 heavy (non-hydrogen) atoms. The molecule has 0 bridgehead atoms. The Morgan fingerprint density at radius 1 is 0.692 bits per heavy atom. The zero-order chi connectivity index (χ0) is 9.36. The van der Waals surface area contributed by atoms with Crippen molar-refractivity contribution in [1.82, 2.24) is 0 Å². The second kappa shape index (κ2) is 7.54. The lowest BCUT2D eigenvalue weighted by molar-refractivity contribution is 0.215. The van der Waals surface area contributed by atoms with Gasteiger partial charge in [-0.2, -0.15) is 0 Å². The predicted octanol–water partition coefficient (Wildman–Crippen LogP) is 3.15. The van der Waals surface area contributed by atoms with E-state index < -0.39 is 8.25 Å². The molecule has 0 saturated carbocycles. The molecule has 0 unspecified atom stereocenters. The number of hydrogen-bond acceptors (Lipinski definition) is 3. The molecule has 1 saturated heterocycles. The third-order valence-electron chi connectivity index (χ3n) is 2.23. The van der Waals surface area contributed by atoms with Crippen LogP contribution in [0.2, 0.25) is 0 Å². The molecule has 78 valence electrons. The van der Waals surface area contributed by atoms with E-state index in [1.807, 2.05) is 0 Å². The van der Waals surface area contributed by atoms with Gasteiger partial charge in [-0.1, -0.05) is 32.1 Å². The van der Waals surface area contributed by atoms with Crippen LogP contribution in [0.5, 0.6) is 0 Å². The zero-order valence-corrected chi connectivity index (χ0v) is 9.09. The molecule has 4 heteroatoms. The molecule has 0 aliphatic carbocycles. The van der Waals surface area contributed by atoms with Gasteiger partial charge in [0.1, 0.15) is 0 Å². The molecule has 0 atom stereocenters. The summed E-state index contributed by atoms with van der Waals surface area (Å²) in [5.74, 6) is 0. The highest BCUT2D eigenvalue weighted by Crippen LogP contribution is 2.25. The minimum Gasteiger partial charge on any atom is -0.311 e. The molecule has 3 nitrogen and oxygen atoms in total. The SMILES string of the molecule is O=[PH]1OCCCCCCCCCO1. The summed E-state index contributed by atoms with van der Waals surface area (Å²) in [5.41, 5.74) is 0. The molecule has 0 aromatic heterocycles. The van der Waals surface area contributed by atoms with E-state index in [2.05, 4.69) is 0 Å². The van der Waals surface area contributed by atoms with Crippen LogP contribution in [0.15, 0.2) is 0 Å². The third-order valence-corrected chi connectivity index (χ3v) is 3.11. The molecule has 0 aromatic carbocycles. The first-order chi connectivity index (χ1) is 6.39. The molecule has 1 aliphatic rings. The first kappa shape index (κ1) is 11.2. The molecule has 0 amide bonds. The summed E-state index contributed by atoms with van der Waals surface area (Å²) in [6, 6.07) is 0. The maximum absolute atomic E-state index is 11.0. The van der Waals surface area contributed by atoms with E-state index in [0.29, 0.717) is 13.2 Å². The third kappa shape index (κ3) is 6.25. The van der Waals surface area contributed by atoms with Gasteiger partial charge in [0, 0.05) is 0 Å². The monoisotopic (exact) mass is 206 g/mol. The molecule has 0 aromatic rings. The lowest BCUT2D eigenvalue weighted by atomic mass is 10.1. The highest BCUT2D eigenvalue weighted by Gasteiger charge is 2.01. The van der Waals surface area contributed by atoms with Crippen molar-refractivity contribution in [2.24, 2.45) is 0 Å². The van der Waals surface area contributed by atoms with Crippen molar-refractivity contribution in [1.29, 1.82) is 0 Å². The number of hydrogen-bond donors (Lipinski definition) is 0. The smallest absolute Gasteiger partial charge is 0.311 e. The second-order valence-electron chi connectivity index (χ2n) is 3.42. The molecule has 0 radical (unpaired) electrons. The maximum Gasteiger partial charge on any atom is 0.319 e. The lowest BCUT2D eigenvalue weighted by Crippen LogP contribution is -1.94. The van der Waals surface area contributed by atoms with Gasteiger partial charge in [0.05, 0.1) is 13.2 Å². The van der Waals surface area contributed by atoms with E-state index in [1.54, 1.807) is 0 Å². The summed E-state index contributed by atoms with van der Waals surface area (Å²) in [5, 5.41) is 0. The first-order valence-electron chi connectivity index (χ1n) is 5.19. The average Bonchev–Trinajstić information content (AvgIpc) is 2.11. The highest BCUT2D eigenvalue weighted by molar-refractivity contribution is 7.33. The topological polar surface area (TPSA) is 35.5 Å². The minimum absolute atomic E-state index is 0.595. The Morgan fingerprint density at radius 2 is 1.08 bits per heavy atom. The van der Waals surface area contributed by atoms with Gasteiger partial charge in [0.2, 0.25) is 0 Å². The summed E-state index contributed by atoms with van der Waals surface area (Å²) in [6.07, 6.45) is 8.29. The van der Waals surface area contributed by atoms with Crippen molar-refractivity contribution in [3.05, 3.63) is 0 Å². The largest absolute Gasteiger partial charge is 0.319 e. The molecule has 1 rings (SSSR count). The molecule has 1 heterocycles. The van der Waals surface area contributed by atoms with Gasteiger partial charge < -0.3 is 9.05 Å². The van der Waals surface area contributed by atoms with Crippen LogP contribution in [0.1, 0.15) is 44.9 Å². The van der Waals surface area contributed by atoms with Crippen molar-refractivity contribution >= 4 is 8.25 Å². The van der Waals surface area contributed by atoms with Gasteiger partial charge >= 0.3 is 8.25 Å². The second-order valence-corrected chi connectivity index (χ2v) is 4.50. The highest BCUT2D eigenvalue weighted by atomic mass is 31.1. The molecule has 0 N–H and O–H groups in total. The van der Waals surface area contributed by atoms with Gasteiger partial charge in [0.15, 0.2) is 0 Å². The summed E-state index contributed by atoms with van der Waals surface area (Å²) in [6.45, 7) is 1.19. The molecule has 1 aliphatic heterocycles. The molecular weight excluding hydrogens is 187 g/mol. The number of rotatable bonds is 0. The Labute approximate surface area is 80.8 Å². The Balaban J connectivity index is 2.14. The van der Waals surface area contributed by atoms with Crippen LogP contribution in [-0.4, -0.2) is 13.2 Å². The van der Waals surface area contributed by atoms with Crippen molar-refractivity contribution in [2.75, 3.05) is 13.2 Å². The van der Waals surface area contributed by atoms with E-state index in [9.17, 15) is 4.57 Å². The van der Waals surface area contributed by atoms with Crippen LogP contribution in [0.4, 0.5) is 0 Å². The normalized spacial score (nSPS) is 24.6. The summed E-state index contributed by atoms with van der Waals surface area (Å²) in [7, 11) is -2.17. The van der Waals surface area contributed by atoms with Gasteiger partial charge in [-0.25, -0.2) is 0 Å². The predicted molar refractivity (Wildman–Crippen MR) is 53.2 cm³/mol. The summed E-state index contributed by atoms with van der Waals surface area (Å²) in [4.78, 5) is 0. The van der Waals surface area contributed by atoms with Crippen LogP contribution in [-0.2, 0) is 13.6 Å². The van der Waals surface area contributed by atoms with E-state index in [4.69, 9.17) is 9.05 Å². The van der Waals surface area contributed by atoms with Crippen LogP contribution in [0.25, 0.3) is 0 Å². The standard InChI is InChI=1S/C9H19O3P/c10-13-11-8-6-4-2-1-3-5-7-9-12-13/h13H,1-9H2. The average molecular weight is 206 g/mol. The first-order valence-corrected chi connectivity index (χ1v) is 6.41. The fraction of sp³-hybridized carbons (Fsp3) is 1.00. The lowest BCUT2D eigenvalue weighted by Gasteiger charge is -2.07. The van der Waals surface area contributed by atoms with E-state index in [1.165, 1.54) is 32.1 Å². The Hall–Kier alpha value is 0.150. The minimum atomic E-state index is -2.17. The fourth-order valence-corrected chi connectivity index (χ4v) is 2.15. The van der Waals surface area contributed by atoms with Crippen LogP contribution < -0.4 is 0 Å². The molecule has 0 spiro atoms. The summed E-state index contributed by atoms with van der Waals surface area (Å²) >= 11 is 0. The quantitative estimate of drug-likeness (QED) is 0.571. The van der Waals surface area contributed by atoms with Crippen LogP contribution in [0.3, 0.4) is 0 Å². The van der Waals surface area contributed by atoms with E-state index in [-0.39, 0.29) is 0 Å². The Kier molecular flexibility index (Phi) is 6.51. The Morgan fingerprint density at radius 3 is 1.54 bits per heavy atom. The maximum atomic E-state index is 11.0. The van der Waals surface area contributed by atoms with Crippen LogP contribution in [0, 0.1) is 0 Å². The van der Waals surface area contributed by atoms with Crippen molar-refractivity contribution in [2.45, 2.75) is 44.9 Å². The van der Waals surface area contributed by atoms with Crippen LogP contribution >= 0.6 is 8.25 Å². The van der Waals surface area contributed by atoms with Gasteiger partial charge in [-0.05, 0) is 12.8 Å². The summed E-state index contributed by atoms with van der Waals surface area (Å²) < 4.78 is 21.1. The zero-order valence-electron chi connectivity index (χ0n) is 8.09. The molecule has 1 fully saturated rings. The Bertz CT molecular complexity index is 136. The fourth-order valence-electron chi connectivity index (χ4n) is 1.44. The van der Waals surface area contributed by atoms with E-state index >= 15 is 0 Å². The van der Waals surface area contributed by atoms with Crippen molar-refractivity contribution in [3.63, 3.8) is 0 Å². The van der Waals surface area contributed by atoms with Gasteiger partial charge in [-0.3, -0.25) is 4.57 Å².